The van der Waals surface area contributed by atoms with Crippen LogP contribution >= 0.6 is 0 Å². The molecule has 2 saturated heterocycles. The monoisotopic (exact) mass is 814 g/mol. The molecule has 4 aliphatic heterocycles. The van der Waals surface area contributed by atoms with E-state index in [2.05, 4.69) is 0 Å². The average molecular weight is 815 g/mol. The third kappa shape index (κ3) is 5.55. The molecule has 0 atom stereocenters. The smallest absolute Gasteiger partial charge is 0.361 e. The minimum Gasteiger partial charge on any atom is -0.361 e. The Morgan fingerprint density at radius 3 is 0.769 bits per heavy atom. The summed E-state index contributed by atoms with van der Waals surface area (Å²) in [5.41, 5.74) is -4.95. The SMILES string of the molecule is Cc1c(C)c(OS(=O)(=O)O)c2c(c1OS(=O)(=O)O)CN1C(=O)N3Cc4c(c(OS(=O)(=O)O)c(C)c(C)c4OS(=O)(=O)O)CN4C(=O)N(C2)C1(C)C34C. The van der Waals surface area contributed by atoms with E-state index in [0.29, 0.717) is 0 Å². The van der Waals surface area contributed by atoms with Crippen LogP contribution in [0.5, 0.6) is 23.0 Å². The molecule has 26 heteroatoms. The first kappa shape index (κ1) is 37.6. The molecule has 0 unspecified atom stereocenters. The second-order valence-corrected chi connectivity index (χ2v) is 16.8. The molecule has 2 aromatic rings. The molecule has 22 nitrogen and oxygen atoms in total. The highest BCUT2D eigenvalue weighted by Gasteiger charge is 2.75. The zero-order valence-corrected chi connectivity index (χ0v) is 31.0. The summed E-state index contributed by atoms with van der Waals surface area (Å²) in [5, 5.41) is 0. The fraction of sp³-hybridized carbons (Fsp3) is 0.462. The number of hydrogen-bond donors (Lipinski definition) is 4. The van der Waals surface area contributed by atoms with E-state index in [1.165, 1.54) is 41.5 Å². The second-order valence-electron chi connectivity index (χ2n) is 12.7. The van der Waals surface area contributed by atoms with Crippen LogP contribution in [0, 0.1) is 27.7 Å². The highest BCUT2D eigenvalue weighted by molar-refractivity contribution is 7.82. The van der Waals surface area contributed by atoms with Gasteiger partial charge in [-0.15, -0.1) is 0 Å². The summed E-state index contributed by atoms with van der Waals surface area (Å²) in [5.74, 6) is -2.17. The van der Waals surface area contributed by atoms with E-state index in [4.69, 9.17) is 16.7 Å². The minimum absolute atomic E-state index is 0.0966. The number of urea groups is 2. The van der Waals surface area contributed by atoms with Gasteiger partial charge in [-0.3, -0.25) is 37.8 Å². The molecule has 0 saturated carbocycles. The third-order valence-electron chi connectivity index (χ3n) is 10.3. The van der Waals surface area contributed by atoms with E-state index < -0.39 is 114 Å². The van der Waals surface area contributed by atoms with Gasteiger partial charge in [-0.2, -0.15) is 33.7 Å². The molecule has 4 heterocycles. The molecule has 52 heavy (non-hydrogen) atoms. The molecular formula is C26H30N4O18S4. The predicted molar refractivity (Wildman–Crippen MR) is 170 cm³/mol. The molecule has 0 aliphatic carbocycles. The minimum atomic E-state index is -5.26. The van der Waals surface area contributed by atoms with Crippen molar-refractivity contribution in [2.75, 3.05) is 0 Å². The Kier molecular flexibility index (Phi) is 8.07. The summed E-state index contributed by atoms with van der Waals surface area (Å²) in [6, 6.07) is -1.82. The van der Waals surface area contributed by atoms with Crippen LogP contribution in [0.3, 0.4) is 0 Å². The standard InChI is InChI=1S/C26H30N4O18S4/c1-11-12(2)20(46-50(36,37)38)16-8-28-24(32)30-10-18-17(21(47-51(39,40)41)13(3)14(4)22(18)48-52(42,43)44)9-29-23(31)27(25(28,5)26(29,30)6)7-15(16)19(11)45-49(33,34)35/h7-10H2,1-6H3,(H,33,34,35)(H,36,37,38)(H,39,40,41)(H,42,43,44). The van der Waals surface area contributed by atoms with Crippen LogP contribution in [0.4, 0.5) is 9.59 Å². The van der Waals surface area contributed by atoms with Gasteiger partial charge in [-0.25, -0.2) is 9.59 Å². The van der Waals surface area contributed by atoms with E-state index >= 15 is 0 Å². The zero-order valence-electron chi connectivity index (χ0n) is 27.8. The summed E-state index contributed by atoms with van der Waals surface area (Å²) in [7, 11) is -21.0. The maximum absolute atomic E-state index is 14.6. The lowest BCUT2D eigenvalue weighted by Gasteiger charge is -2.44. The van der Waals surface area contributed by atoms with Gasteiger partial charge in [0.2, 0.25) is 0 Å². The molecule has 0 spiro atoms. The van der Waals surface area contributed by atoms with Crippen LogP contribution < -0.4 is 16.7 Å². The first-order valence-corrected chi connectivity index (χ1v) is 20.1. The Balaban J connectivity index is 1.65. The molecule has 0 radical (unpaired) electrons. The number of hydrogen-bond acceptors (Lipinski definition) is 14. The predicted octanol–water partition coefficient (Wildman–Crippen LogP) is 1.28. The van der Waals surface area contributed by atoms with E-state index in [0.717, 1.165) is 19.6 Å². The summed E-state index contributed by atoms with van der Waals surface area (Å²) < 4.78 is 154. The Morgan fingerprint density at radius 1 is 0.442 bits per heavy atom. The Labute approximate surface area is 297 Å². The van der Waals surface area contributed by atoms with Gasteiger partial charge in [-0.1, -0.05) is 0 Å². The van der Waals surface area contributed by atoms with E-state index in [1.807, 2.05) is 0 Å². The first-order chi connectivity index (χ1) is 23.5. The van der Waals surface area contributed by atoms with Crippen molar-refractivity contribution in [3.63, 3.8) is 0 Å². The molecule has 6 rings (SSSR count). The number of rotatable bonds is 8. The molecule has 4 aliphatic rings. The van der Waals surface area contributed by atoms with Gasteiger partial charge in [-0.05, 0) is 63.8 Å². The van der Waals surface area contributed by atoms with Crippen molar-refractivity contribution >= 4 is 53.7 Å². The molecule has 4 N–H and O–H groups in total. The topological polar surface area (TPSA) is 302 Å². The number of carbonyl (C=O) groups is 2. The molecule has 0 bridgehead atoms. The van der Waals surface area contributed by atoms with Gasteiger partial charge >= 0.3 is 53.7 Å². The summed E-state index contributed by atoms with van der Waals surface area (Å²) in [6.45, 7) is 5.41. The second kappa shape index (κ2) is 11.2. The number of nitrogens with zero attached hydrogens (tertiary/aromatic N) is 4. The van der Waals surface area contributed by atoms with E-state index in [1.54, 1.807) is 0 Å². The molecule has 2 fully saturated rings. The lowest BCUT2D eigenvalue weighted by Crippen LogP contribution is -2.63. The molecule has 286 valence electrons. The summed E-state index contributed by atoms with van der Waals surface area (Å²) >= 11 is 0. The maximum atomic E-state index is 14.6. The van der Waals surface area contributed by atoms with Gasteiger partial charge in [0.15, 0.2) is 34.3 Å². The lowest BCUT2D eigenvalue weighted by molar-refractivity contribution is -0.0428. The van der Waals surface area contributed by atoms with Crippen molar-refractivity contribution < 1.29 is 78.2 Å². The van der Waals surface area contributed by atoms with Gasteiger partial charge in [0, 0.05) is 22.3 Å². The fourth-order valence-electron chi connectivity index (χ4n) is 7.55. The van der Waals surface area contributed by atoms with E-state index in [9.17, 15) is 61.5 Å². The van der Waals surface area contributed by atoms with Gasteiger partial charge in [0.05, 0.1) is 26.2 Å². The zero-order chi connectivity index (χ0) is 39.0. The molecule has 4 amide bonds. The van der Waals surface area contributed by atoms with Crippen molar-refractivity contribution in [2.45, 2.75) is 79.0 Å². The quantitative estimate of drug-likeness (QED) is 0.273. The number of fused-ring (bicyclic) bond motifs is 2. The molecule has 0 aromatic heterocycles. The van der Waals surface area contributed by atoms with Crippen molar-refractivity contribution in [3.05, 3.63) is 44.5 Å². The van der Waals surface area contributed by atoms with Crippen LogP contribution in [0.2, 0.25) is 0 Å². The maximum Gasteiger partial charge on any atom is 0.446 e. The third-order valence-corrected chi connectivity index (χ3v) is 11.8. The van der Waals surface area contributed by atoms with Crippen LogP contribution in [0.15, 0.2) is 0 Å². The van der Waals surface area contributed by atoms with Crippen LogP contribution in [0.1, 0.15) is 58.4 Å². The van der Waals surface area contributed by atoms with Crippen molar-refractivity contribution in [2.24, 2.45) is 0 Å². The first-order valence-electron chi connectivity index (χ1n) is 14.7. The van der Waals surface area contributed by atoms with Crippen LogP contribution in [0.25, 0.3) is 0 Å². The van der Waals surface area contributed by atoms with Crippen molar-refractivity contribution in [1.29, 1.82) is 0 Å². The summed E-state index contributed by atoms with van der Waals surface area (Å²) in [6.07, 6.45) is 0. The van der Waals surface area contributed by atoms with Gasteiger partial charge < -0.3 is 16.7 Å². The highest BCUT2D eigenvalue weighted by atomic mass is 32.3. The normalized spacial score (nSPS) is 22.8. The summed E-state index contributed by atoms with van der Waals surface area (Å²) in [4.78, 5) is 33.7. The van der Waals surface area contributed by atoms with Gasteiger partial charge in [0.1, 0.15) is 0 Å². The highest BCUT2D eigenvalue weighted by Crippen LogP contribution is 2.59. The fourth-order valence-corrected chi connectivity index (χ4v) is 9.29. The van der Waals surface area contributed by atoms with Gasteiger partial charge in [0.25, 0.3) is 0 Å². The average Bonchev–Trinajstić information content (AvgIpc) is 3.12. The van der Waals surface area contributed by atoms with E-state index in [-0.39, 0.29) is 44.5 Å². The number of benzene rings is 2. The molecule has 2 aromatic carbocycles. The number of amides is 4. The lowest BCUT2D eigenvalue weighted by atomic mass is 9.95. The largest absolute Gasteiger partial charge is 0.446 e. The van der Waals surface area contributed by atoms with Crippen LogP contribution in [-0.4, -0.2) is 94.9 Å². The van der Waals surface area contributed by atoms with Crippen molar-refractivity contribution in [1.82, 2.24) is 19.6 Å². The van der Waals surface area contributed by atoms with Crippen LogP contribution in [-0.2, 0) is 67.8 Å². The Morgan fingerprint density at radius 2 is 0.615 bits per heavy atom. The Hall–Kier alpha value is -4.18. The molecular weight excluding hydrogens is 785 g/mol. The number of carbonyl (C=O) groups excluding carboxylic acids is 2. The Bertz CT molecular complexity index is 2140. The van der Waals surface area contributed by atoms with Crippen molar-refractivity contribution in [3.8, 4) is 23.0 Å².